The molecule has 0 bridgehead atoms. The van der Waals surface area contributed by atoms with Crippen LogP contribution in [0.5, 0.6) is 5.75 Å². The maximum absolute atomic E-state index is 6.07. The number of hydrogen-bond acceptors (Lipinski definition) is 5. The van der Waals surface area contributed by atoms with Crippen molar-refractivity contribution >= 4 is 37.5 Å². The van der Waals surface area contributed by atoms with Gasteiger partial charge in [0.25, 0.3) is 0 Å². The summed E-state index contributed by atoms with van der Waals surface area (Å²) in [5.41, 5.74) is 3.76. The van der Waals surface area contributed by atoms with Crippen molar-refractivity contribution in [3.8, 4) is 27.6 Å². The van der Waals surface area contributed by atoms with Crippen LogP contribution in [-0.4, -0.2) is 10.1 Å². The van der Waals surface area contributed by atoms with Gasteiger partial charge in [-0.2, -0.15) is 0 Å². The zero-order valence-corrected chi connectivity index (χ0v) is 17.6. The van der Waals surface area contributed by atoms with E-state index in [2.05, 4.69) is 27.2 Å². The van der Waals surface area contributed by atoms with Gasteiger partial charge >= 0.3 is 0 Å². The summed E-state index contributed by atoms with van der Waals surface area (Å²) < 4.78 is 13.7. The van der Waals surface area contributed by atoms with Gasteiger partial charge in [-0.25, -0.2) is 4.98 Å². The number of thiazole rings is 1. The second-order valence-corrected chi connectivity index (χ2v) is 8.40. The third kappa shape index (κ3) is 3.81. The van der Waals surface area contributed by atoms with Crippen LogP contribution in [0.25, 0.3) is 32.0 Å². The molecule has 0 saturated heterocycles. The van der Waals surface area contributed by atoms with Crippen molar-refractivity contribution in [1.82, 2.24) is 10.1 Å². The van der Waals surface area contributed by atoms with E-state index < -0.39 is 0 Å². The first-order valence-electron chi connectivity index (χ1n) is 9.05. The summed E-state index contributed by atoms with van der Waals surface area (Å²) in [5.74, 6) is 1.44. The van der Waals surface area contributed by atoms with E-state index in [-0.39, 0.29) is 0 Å². The summed E-state index contributed by atoms with van der Waals surface area (Å²) in [7, 11) is 0. The first-order valence-corrected chi connectivity index (χ1v) is 10.7. The summed E-state index contributed by atoms with van der Waals surface area (Å²) in [6.07, 6.45) is 0. The Morgan fingerprint density at radius 1 is 0.931 bits per heavy atom. The second-order valence-electron chi connectivity index (χ2n) is 6.46. The average molecular weight is 463 g/mol. The first-order chi connectivity index (χ1) is 14.3. The van der Waals surface area contributed by atoms with E-state index in [9.17, 15) is 0 Å². The highest BCUT2D eigenvalue weighted by atomic mass is 79.9. The van der Waals surface area contributed by atoms with Crippen LogP contribution in [-0.2, 0) is 6.61 Å². The van der Waals surface area contributed by atoms with Gasteiger partial charge in [0.15, 0.2) is 5.76 Å². The number of aromatic nitrogens is 2. The zero-order chi connectivity index (χ0) is 19.6. The number of halogens is 1. The molecule has 0 spiro atoms. The molecule has 0 aliphatic carbocycles. The smallest absolute Gasteiger partial charge is 0.174 e. The average Bonchev–Trinajstić information content (AvgIpc) is 3.40. The third-order valence-electron chi connectivity index (χ3n) is 4.48. The van der Waals surface area contributed by atoms with E-state index in [0.29, 0.717) is 12.4 Å². The van der Waals surface area contributed by atoms with Gasteiger partial charge in [-0.1, -0.05) is 57.5 Å². The minimum absolute atomic E-state index is 0.297. The predicted molar refractivity (Wildman–Crippen MR) is 119 cm³/mol. The molecule has 0 aliphatic heterocycles. The monoisotopic (exact) mass is 462 g/mol. The molecule has 6 heteroatoms. The number of para-hydroxylation sites is 2. The maximum atomic E-state index is 6.07. The summed E-state index contributed by atoms with van der Waals surface area (Å²) in [6, 6.07) is 25.9. The van der Waals surface area contributed by atoms with Crippen LogP contribution >= 0.6 is 27.3 Å². The van der Waals surface area contributed by atoms with Crippen LogP contribution < -0.4 is 4.74 Å². The molecule has 0 amide bonds. The zero-order valence-electron chi connectivity index (χ0n) is 15.2. The quantitative estimate of drug-likeness (QED) is 0.283. The van der Waals surface area contributed by atoms with Crippen LogP contribution in [0.15, 0.2) is 87.9 Å². The summed E-state index contributed by atoms with van der Waals surface area (Å²) in [5, 5.41) is 5.10. The number of ether oxygens (including phenoxy) is 1. The lowest BCUT2D eigenvalue weighted by molar-refractivity contribution is 0.250. The lowest BCUT2D eigenvalue weighted by Crippen LogP contribution is -1.95. The van der Waals surface area contributed by atoms with E-state index in [1.54, 1.807) is 11.3 Å². The van der Waals surface area contributed by atoms with Crippen molar-refractivity contribution < 1.29 is 9.26 Å². The molecule has 0 atom stereocenters. The van der Waals surface area contributed by atoms with Crippen LogP contribution in [0.3, 0.4) is 0 Å². The summed E-state index contributed by atoms with van der Waals surface area (Å²) in [4.78, 5) is 4.75. The fourth-order valence-corrected chi connectivity index (χ4v) is 4.30. The number of benzene rings is 3. The molecule has 142 valence electrons. The van der Waals surface area contributed by atoms with Gasteiger partial charge in [-0.05, 0) is 36.4 Å². The van der Waals surface area contributed by atoms with Crippen molar-refractivity contribution in [2.75, 3.05) is 0 Å². The SMILES string of the molecule is Brc1ccc(-c2cc(COc3ccccc3-c3nc4ccccc4s3)on2)cc1. The Hall–Kier alpha value is -2.96. The van der Waals surface area contributed by atoms with Crippen molar-refractivity contribution in [2.45, 2.75) is 6.61 Å². The molecule has 2 aromatic heterocycles. The first kappa shape index (κ1) is 18.1. The summed E-state index contributed by atoms with van der Waals surface area (Å²) >= 11 is 5.10. The van der Waals surface area contributed by atoms with Gasteiger partial charge < -0.3 is 9.26 Å². The van der Waals surface area contributed by atoms with Crippen molar-refractivity contribution in [2.24, 2.45) is 0 Å². The minimum atomic E-state index is 0.297. The van der Waals surface area contributed by atoms with Gasteiger partial charge in [0, 0.05) is 16.1 Å². The molecule has 3 aromatic carbocycles. The van der Waals surface area contributed by atoms with Crippen molar-refractivity contribution in [1.29, 1.82) is 0 Å². The molecule has 0 fully saturated rings. The maximum Gasteiger partial charge on any atom is 0.174 e. The standard InChI is InChI=1S/C23H15BrN2O2S/c24-16-11-9-15(10-12-16)20-13-17(28-26-20)14-27-21-7-3-1-5-18(21)23-25-19-6-2-4-8-22(19)29-23/h1-13H,14H2. The molecule has 0 N–H and O–H groups in total. The molecule has 0 radical (unpaired) electrons. The van der Waals surface area contributed by atoms with Gasteiger partial charge in [-0.15, -0.1) is 11.3 Å². The minimum Gasteiger partial charge on any atom is -0.485 e. The normalized spacial score (nSPS) is 11.1. The number of nitrogens with zero attached hydrogens (tertiary/aromatic N) is 2. The molecule has 29 heavy (non-hydrogen) atoms. The van der Waals surface area contributed by atoms with Gasteiger partial charge in [0.05, 0.1) is 15.8 Å². The number of fused-ring (bicyclic) bond motifs is 1. The highest BCUT2D eigenvalue weighted by Gasteiger charge is 2.13. The van der Waals surface area contributed by atoms with Crippen LogP contribution in [0.4, 0.5) is 0 Å². The second kappa shape index (κ2) is 7.81. The van der Waals surface area contributed by atoms with Crippen LogP contribution in [0.1, 0.15) is 5.76 Å². The Balaban J connectivity index is 1.37. The van der Waals surface area contributed by atoms with Gasteiger partial charge in [0.1, 0.15) is 23.1 Å². The highest BCUT2D eigenvalue weighted by Crippen LogP contribution is 2.36. The summed E-state index contributed by atoms with van der Waals surface area (Å²) in [6.45, 7) is 0.297. The fourth-order valence-electron chi connectivity index (χ4n) is 3.04. The van der Waals surface area contributed by atoms with E-state index in [1.165, 1.54) is 0 Å². The molecule has 0 aliphatic rings. The lowest BCUT2D eigenvalue weighted by atomic mass is 10.1. The van der Waals surface area contributed by atoms with Gasteiger partial charge in [0.2, 0.25) is 0 Å². The van der Waals surface area contributed by atoms with Crippen molar-refractivity contribution in [3.63, 3.8) is 0 Å². The molecular formula is C23H15BrN2O2S. The molecule has 4 nitrogen and oxygen atoms in total. The Morgan fingerprint density at radius 3 is 2.59 bits per heavy atom. The molecule has 0 saturated carbocycles. The third-order valence-corrected chi connectivity index (χ3v) is 6.08. The fraction of sp³-hybridized carbons (Fsp3) is 0.0435. The highest BCUT2D eigenvalue weighted by molar-refractivity contribution is 9.10. The molecule has 5 rings (SSSR count). The van der Waals surface area contributed by atoms with E-state index >= 15 is 0 Å². The van der Waals surface area contributed by atoms with E-state index in [4.69, 9.17) is 14.2 Å². The van der Waals surface area contributed by atoms with Gasteiger partial charge in [-0.3, -0.25) is 0 Å². The van der Waals surface area contributed by atoms with Crippen LogP contribution in [0.2, 0.25) is 0 Å². The van der Waals surface area contributed by atoms with Crippen LogP contribution in [0, 0.1) is 0 Å². The number of rotatable bonds is 5. The Morgan fingerprint density at radius 2 is 1.72 bits per heavy atom. The Bertz CT molecular complexity index is 1240. The largest absolute Gasteiger partial charge is 0.485 e. The Kier molecular flexibility index (Phi) is 4.87. The molecular weight excluding hydrogens is 448 g/mol. The topological polar surface area (TPSA) is 48.2 Å². The predicted octanol–water partition coefficient (Wildman–Crippen LogP) is 6.96. The Labute approximate surface area is 179 Å². The molecule has 0 unspecified atom stereocenters. The van der Waals surface area contributed by atoms with Crippen molar-refractivity contribution in [3.05, 3.63) is 89.1 Å². The molecule has 2 heterocycles. The molecule has 5 aromatic rings. The van der Waals surface area contributed by atoms with E-state index in [0.717, 1.165) is 42.3 Å². The number of hydrogen-bond donors (Lipinski definition) is 0. The lowest BCUT2D eigenvalue weighted by Gasteiger charge is -2.08. The van der Waals surface area contributed by atoms with E-state index in [1.807, 2.05) is 72.8 Å².